The van der Waals surface area contributed by atoms with Crippen molar-refractivity contribution in [2.45, 2.75) is 13.0 Å². The van der Waals surface area contributed by atoms with Crippen molar-refractivity contribution in [3.63, 3.8) is 0 Å². The van der Waals surface area contributed by atoms with Gasteiger partial charge in [0.15, 0.2) is 0 Å². The fraction of sp³-hybridized carbons (Fsp3) is 0.130. The molecule has 31 heavy (non-hydrogen) atoms. The first kappa shape index (κ1) is 22.5. The molecule has 3 N–H and O–H groups in total. The van der Waals surface area contributed by atoms with E-state index in [2.05, 4.69) is 5.32 Å². The number of ether oxygens (including phenoxy) is 2. The highest BCUT2D eigenvalue weighted by atomic mass is 35.5. The van der Waals surface area contributed by atoms with Crippen LogP contribution in [0, 0.1) is 0 Å². The third-order valence-corrected chi connectivity index (χ3v) is 4.86. The average molecular weight is 459 g/mol. The van der Waals surface area contributed by atoms with Crippen LogP contribution in [0.4, 0.5) is 11.4 Å². The Morgan fingerprint density at radius 1 is 1.03 bits per heavy atom. The predicted octanol–water partition coefficient (Wildman–Crippen LogP) is 5.51. The van der Waals surface area contributed by atoms with E-state index in [-0.39, 0.29) is 21.3 Å². The molecule has 6 nitrogen and oxygen atoms in total. The van der Waals surface area contributed by atoms with Crippen LogP contribution in [-0.2, 0) is 9.53 Å². The van der Waals surface area contributed by atoms with Gasteiger partial charge >= 0.3 is 5.97 Å². The molecule has 1 atom stereocenters. The third-order valence-electron chi connectivity index (χ3n) is 4.32. The number of para-hydroxylation sites is 2. The number of amides is 1. The second-order valence-corrected chi connectivity index (χ2v) is 7.31. The lowest BCUT2D eigenvalue weighted by molar-refractivity contribution is -0.125. The van der Waals surface area contributed by atoms with E-state index in [9.17, 15) is 9.59 Å². The topological polar surface area (TPSA) is 90.6 Å². The maximum Gasteiger partial charge on any atom is 0.341 e. The molecule has 0 aromatic heterocycles. The summed E-state index contributed by atoms with van der Waals surface area (Å²) in [4.78, 5) is 26.0. The molecule has 0 saturated heterocycles. The molecule has 1 amide bonds. The van der Waals surface area contributed by atoms with Gasteiger partial charge < -0.3 is 20.5 Å². The molecule has 8 heteroatoms. The molecule has 3 aromatic carbocycles. The van der Waals surface area contributed by atoms with Crippen molar-refractivity contribution in [2.75, 3.05) is 17.7 Å². The van der Waals surface area contributed by atoms with Gasteiger partial charge in [0, 0.05) is 10.6 Å². The highest BCUT2D eigenvalue weighted by Crippen LogP contribution is 2.31. The van der Waals surface area contributed by atoms with Crippen LogP contribution in [0.25, 0.3) is 0 Å². The Bertz CT molecular complexity index is 1090. The second-order valence-electron chi connectivity index (χ2n) is 6.46. The van der Waals surface area contributed by atoms with E-state index in [0.29, 0.717) is 23.6 Å². The van der Waals surface area contributed by atoms with Crippen LogP contribution in [0.2, 0.25) is 10.0 Å². The van der Waals surface area contributed by atoms with Gasteiger partial charge in [-0.25, -0.2) is 4.79 Å². The molecule has 0 heterocycles. The van der Waals surface area contributed by atoms with Crippen molar-refractivity contribution in [3.8, 4) is 5.75 Å². The quantitative estimate of drug-likeness (QED) is 0.359. The van der Waals surface area contributed by atoms with Crippen LogP contribution in [0.5, 0.6) is 5.75 Å². The lowest BCUT2D eigenvalue weighted by Gasteiger charge is -2.20. The summed E-state index contributed by atoms with van der Waals surface area (Å²) in [5.41, 5.74) is 6.84. The van der Waals surface area contributed by atoms with Crippen molar-refractivity contribution in [1.29, 1.82) is 0 Å². The minimum Gasteiger partial charge on any atom is -0.492 e. The summed E-state index contributed by atoms with van der Waals surface area (Å²) in [7, 11) is 0. The first-order valence-electron chi connectivity index (χ1n) is 9.43. The average Bonchev–Trinajstić information content (AvgIpc) is 2.76. The highest BCUT2D eigenvalue weighted by Gasteiger charge is 2.28. The number of halogens is 2. The fourth-order valence-electron chi connectivity index (χ4n) is 2.87. The maximum atomic E-state index is 13.1. The molecular weight excluding hydrogens is 439 g/mol. The Labute approximate surface area is 189 Å². The van der Waals surface area contributed by atoms with Crippen LogP contribution in [0.1, 0.15) is 28.9 Å². The van der Waals surface area contributed by atoms with Crippen molar-refractivity contribution >= 4 is 46.5 Å². The fourth-order valence-corrected chi connectivity index (χ4v) is 3.37. The smallest absolute Gasteiger partial charge is 0.341 e. The summed E-state index contributed by atoms with van der Waals surface area (Å²) >= 11 is 12.0. The second kappa shape index (κ2) is 10.2. The van der Waals surface area contributed by atoms with Crippen molar-refractivity contribution in [2.24, 2.45) is 0 Å². The van der Waals surface area contributed by atoms with E-state index in [1.165, 1.54) is 12.1 Å². The van der Waals surface area contributed by atoms with Gasteiger partial charge in [0.25, 0.3) is 5.91 Å². The van der Waals surface area contributed by atoms with E-state index in [1.54, 1.807) is 54.6 Å². The van der Waals surface area contributed by atoms with E-state index in [4.69, 9.17) is 38.4 Å². The molecule has 0 spiro atoms. The molecule has 1 unspecified atom stereocenters. The molecule has 0 aliphatic carbocycles. The number of anilines is 2. The Hall–Kier alpha value is -3.22. The molecular formula is C23H20Cl2N2O4. The molecule has 0 fully saturated rings. The molecule has 160 valence electrons. The number of esters is 1. The number of nitrogens with one attached hydrogen (secondary N) is 1. The van der Waals surface area contributed by atoms with E-state index in [0.717, 1.165) is 0 Å². The normalized spacial score (nSPS) is 11.5. The highest BCUT2D eigenvalue weighted by molar-refractivity contribution is 6.37. The number of benzene rings is 3. The summed E-state index contributed by atoms with van der Waals surface area (Å²) in [5, 5.41) is 3.10. The molecule has 0 saturated carbocycles. The molecule has 0 aliphatic rings. The maximum absolute atomic E-state index is 13.1. The lowest BCUT2D eigenvalue weighted by Crippen LogP contribution is -2.26. The zero-order chi connectivity index (χ0) is 22.4. The molecule has 0 aliphatic heterocycles. The van der Waals surface area contributed by atoms with Gasteiger partial charge in [-0.3, -0.25) is 4.79 Å². The summed E-state index contributed by atoms with van der Waals surface area (Å²) in [6.45, 7) is 2.27. The first-order chi connectivity index (χ1) is 14.9. The predicted molar refractivity (Wildman–Crippen MR) is 122 cm³/mol. The minimum atomic E-state index is -1.25. The van der Waals surface area contributed by atoms with E-state index in [1.807, 2.05) is 6.92 Å². The van der Waals surface area contributed by atoms with Gasteiger partial charge in [0.1, 0.15) is 5.75 Å². The van der Waals surface area contributed by atoms with Gasteiger partial charge in [0.05, 0.1) is 28.6 Å². The van der Waals surface area contributed by atoms with Crippen LogP contribution < -0.4 is 15.8 Å². The van der Waals surface area contributed by atoms with Crippen molar-refractivity contribution in [1.82, 2.24) is 0 Å². The summed E-state index contributed by atoms with van der Waals surface area (Å²) in [6.07, 6.45) is -1.25. The SMILES string of the molecule is CCOc1ccccc1NC(=O)C(OC(=O)c1cc(Cl)cc(Cl)c1N)c1ccccc1. The summed E-state index contributed by atoms with van der Waals surface area (Å²) < 4.78 is 11.1. The molecule has 3 aromatic rings. The van der Waals surface area contributed by atoms with Gasteiger partial charge in [-0.2, -0.15) is 0 Å². The van der Waals surface area contributed by atoms with Gasteiger partial charge in [-0.15, -0.1) is 0 Å². The van der Waals surface area contributed by atoms with Crippen molar-refractivity contribution < 1.29 is 19.1 Å². The van der Waals surface area contributed by atoms with Gasteiger partial charge in [-0.1, -0.05) is 65.7 Å². The number of carbonyl (C=O) groups is 2. The number of nitrogen functional groups attached to an aromatic ring is 1. The van der Waals surface area contributed by atoms with Gasteiger partial charge in [-0.05, 0) is 31.2 Å². The van der Waals surface area contributed by atoms with E-state index < -0.39 is 18.0 Å². The largest absolute Gasteiger partial charge is 0.492 e. The molecule has 0 radical (unpaired) electrons. The zero-order valence-electron chi connectivity index (χ0n) is 16.6. The third kappa shape index (κ3) is 5.48. The number of hydrogen-bond donors (Lipinski definition) is 2. The van der Waals surface area contributed by atoms with Crippen LogP contribution in [-0.4, -0.2) is 18.5 Å². The Kier molecular flexibility index (Phi) is 7.39. The minimum absolute atomic E-state index is 0.0185. The number of rotatable bonds is 7. The Morgan fingerprint density at radius 3 is 2.42 bits per heavy atom. The van der Waals surface area contributed by atoms with Crippen LogP contribution in [0.3, 0.4) is 0 Å². The van der Waals surface area contributed by atoms with Crippen LogP contribution >= 0.6 is 23.2 Å². The number of carbonyl (C=O) groups excluding carboxylic acids is 2. The monoisotopic (exact) mass is 458 g/mol. The molecule has 0 bridgehead atoms. The summed E-state index contributed by atoms with van der Waals surface area (Å²) in [6, 6.07) is 18.4. The lowest BCUT2D eigenvalue weighted by atomic mass is 10.1. The zero-order valence-corrected chi connectivity index (χ0v) is 18.1. The number of nitrogens with two attached hydrogens (primary N) is 1. The Balaban J connectivity index is 1.91. The van der Waals surface area contributed by atoms with Crippen molar-refractivity contribution in [3.05, 3.63) is 87.9 Å². The molecule has 3 rings (SSSR count). The Morgan fingerprint density at radius 2 is 1.71 bits per heavy atom. The standard InChI is InChI=1S/C23H20Cl2N2O4/c1-2-30-19-11-7-6-10-18(19)27-22(28)21(14-8-4-3-5-9-14)31-23(29)16-12-15(24)13-17(25)20(16)26/h3-13,21H,2,26H2,1H3,(H,27,28). The van der Waals surface area contributed by atoms with Crippen LogP contribution in [0.15, 0.2) is 66.7 Å². The number of hydrogen-bond acceptors (Lipinski definition) is 5. The van der Waals surface area contributed by atoms with E-state index >= 15 is 0 Å². The summed E-state index contributed by atoms with van der Waals surface area (Å²) in [5.74, 6) is -0.884. The van der Waals surface area contributed by atoms with Gasteiger partial charge in [0.2, 0.25) is 6.10 Å². The first-order valence-corrected chi connectivity index (χ1v) is 10.2.